The molecule has 0 aliphatic carbocycles. The van der Waals surface area contributed by atoms with Gasteiger partial charge in [0.2, 0.25) is 0 Å². The molecule has 2 rings (SSSR count). The molecule has 0 atom stereocenters. The minimum absolute atomic E-state index is 0.00794. The smallest absolute Gasteiger partial charge is 0.267 e. The summed E-state index contributed by atoms with van der Waals surface area (Å²) in [5.74, 6) is -0.639. The molecule has 8 heteroatoms. The Labute approximate surface area is 108 Å². The molecule has 0 spiro atoms. The minimum atomic E-state index is -3.87. The van der Waals surface area contributed by atoms with Crippen molar-refractivity contribution in [3.05, 3.63) is 34.3 Å². The highest BCUT2D eigenvalue weighted by atomic mass is 32.2. The fourth-order valence-electron chi connectivity index (χ4n) is 1.47. The Morgan fingerprint density at radius 1 is 1.50 bits per heavy atom. The van der Waals surface area contributed by atoms with Gasteiger partial charge in [0, 0.05) is 18.6 Å². The van der Waals surface area contributed by atoms with Gasteiger partial charge in [-0.05, 0) is 18.4 Å². The Morgan fingerprint density at radius 3 is 2.72 bits per heavy atom. The third-order valence-electron chi connectivity index (χ3n) is 2.27. The quantitative estimate of drug-likeness (QED) is 0.909. The summed E-state index contributed by atoms with van der Waals surface area (Å²) < 4.78 is 27.4. The van der Waals surface area contributed by atoms with Gasteiger partial charge in [0.05, 0.1) is 11.3 Å². The molecule has 2 aromatic rings. The summed E-state index contributed by atoms with van der Waals surface area (Å²) in [4.78, 5) is 11.7. The zero-order valence-electron chi connectivity index (χ0n) is 9.75. The molecule has 0 aliphatic rings. The molecule has 0 aliphatic heterocycles. The molecule has 0 unspecified atom stereocenters. The van der Waals surface area contributed by atoms with Crippen LogP contribution in [0.2, 0.25) is 0 Å². The van der Waals surface area contributed by atoms with Crippen LogP contribution < -0.4 is 4.72 Å². The molecule has 0 fully saturated rings. The van der Waals surface area contributed by atoms with Gasteiger partial charge < -0.3 is 0 Å². The van der Waals surface area contributed by atoms with Crippen LogP contribution in [0.4, 0.5) is 0 Å². The number of aromatic nitrogens is 2. The van der Waals surface area contributed by atoms with Crippen LogP contribution in [0.15, 0.2) is 27.9 Å². The van der Waals surface area contributed by atoms with Crippen molar-refractivity contribution >= 4 is 27.3 Å². The van der Waals surface area contributed by atoms with Crippen LogP contribution >= 0.6 is 11.3 Å². The Bertz CT molecular complexity index is 671. The maximum atomic E-state index is 12.0. The normalized spacial score (nSPS) is 11.4. The van der Waals surface area contributed by atoms with Crippen LogP contribution in [0.3, 0.4) is 0 Å². The van der Waals surface area contributed by atoms with E-state index < -0.39 is 15.9 Å². The number of sulfonamides is 1. The summed E-state index contributed by atoms with van der Waals surface area (Å²) in [6, 6.07) is 1.56. The summed E-state index contributed by atoms with van der Waals surface area (Å²) in [5.41, 5.74) is 0.674. The first-order valence-electron chi connectivity index (χ1n) is 5.00. The van der Waals surface area contributed by atoms with Gasteiger partial charge in [-0.1, -0.05) is 0 Å². The fourth-order valence-corrected chi connectivity index (χ4v) is 3.30. The van der Waals surface area contributed by atoms with Gasteiger partial charge in [0.1, 0.15) is 4.90 Å². The van der Waals surface area contributed by atoms with Crippen molar-refractivity contribution in [3.63, 3.8) is 0 Å². The van der Waals surface area contributed by atoms with Crippen molar-refractivity contribution in [1.29, 1.82) is 0 Å². The highest BCUT2D eigenvalue weighted by Gasteiger charge is 2.23. The maximum Gasteiger partial charge on any atom is 0.267 e. The first kappa shape index (κ1) is 12.8. The first-order valence-corrected chi connectivity index (χ1v) is 7.42. The van der Waals surface area contributed by atoms with Crippen molar-refractivity contribution in [1.82, 2.24) is 14.5 Å². The van der Waals surface area contributed by atoms with Crippen molar-refractivity contribution in [2.45, 2.75) is 11.8 Å². The van der Waals surface area contributed by atoms with Crippen LogP contribution in [0.5, 0.6) is 0 Å². The number of aryl methyl sites for hydroxylation is 2. The van der Waals surface area contributed by atoms with E-state index in [1.54, 1.807) is 30.8 Å². The fraction of sp³-hybridized carbons (Fsp3) is 0.200. The lowest BCUT2D eigenvalue weighted by Crippen LogP contribution is -2.30. The van der Waals surface area contributed by atoms with Crippen molar-refractivity contribution in [2.75, 3.05) is 0 Å². The third-order valence-corrected chi connectivity index (χ3v) is 4.39. The van der Waals surface area contributed by atoms with E-state index in [4.69, 9.17) is 0 Å². The molecule has 1 N–H and O–H groups in total. The largest absolute Gasteiger partial charge is 0.274 e. The second-order valence-corrected chi connectivity index (χ2v) is 6.13. The van der Waals surface area contributed by atoms with E-state index in [-0.39, 0.29) is 4.90 Å². The summed E-state index contributed by atoms with van der Waals surface area (Å²) >= 11 is 1.32. The topological polar surface area (TPSA) is 81.1 Å². The summed E-state index contributed by atoms with van der Waals surface area (Å²) in [7, 11) is -2.26. The van der Waals surface area contributed by atoms with Crippen molar-refractivity contribution < 1.29 is 13.2 Å². The van der Waals surface area contributed by atoms with E-state index in [2.05, 4.69) is 5.10 Å². The third kappa shape index (κ3) is 2.44. The number of hydrogen-bond donors (Lipinski definition) is 1. The average molecular weight is 285 g/mol. The Morgan fingerprint density at radius 2 is 2.22 bits per heavy atom. The van der Waals surface area contributed by atoms with Gasteiger partial charge >= 0.3 is 0 Å². The zero-order chi connectivity index (χ0) is 13.3. The lowest BCUT2D eigenvalue weighted by atomic mass is 10.3. The van der Waals surface area contributed by atoms with Crippen LogP contribution in [0.25, 0.3) is 0 Å². The molecule has 6 nitrogen and oxygen atoms in total. The van der Waals surface area contributed by atoms with E-state index in [1.807, 2.05) is 4.72 Å². The first-order chi connectivity index (χ1) is 8.40. The second kappa shape index (κ2) is 4.54. The lowest BCUT2D eigenvalue weighted by Gasteiger charge is -2.04. The average Bonchev–Trinajstić information content (AvgIpc) is 2.86. The monoisotopic (exact) mass is 285 g/mol. The van der Waals surface area contributed by atoms with Crippen LogP contribution in [0, 0.1) is 6.92 Å². The van der Waals surface area contributed by atoms with Crippen molar-refractivity contribution in [3.8, 4) is 0 Å². The van der Waals surface area contributed by atoms with E-state index in [9.17, 15) is 13.2 Å². The highest BCUT2D eigenvalue weighted by molar-refractivity contribution is 7.90. The van der Waals surface area contributed by atoms with Crippen LogP contribution in [-0.2, 0) is 17.1 Å². The highest BCUT2D eigenvalue weighted by Crippen LogP contribution is 2.13. The zero-order valence-corrected chi connectivity index (χ0v) is 11.4. The molecule has 0 saturated carbocycles. The number of carbonyl (C=O) groups excluding carboxylic acids is 1. The standard InChI is InChI=1S/C10H11N3O3S2/c1-7-9(5-13(2)11-7)18(15,16)12-10(14)8-3-4-17-6-8/h3-6H,1-2H3,(H,12,14). The van der Waals surface area contributed by atoms with Gasteiger partial charge in [0.25, 0.3) is 15.9 Å². The summed E-state index contributed by atoms with van der Waals surface area (Å²) in [6.07, 6.45) is 1.36. The molecule has 1 amide bonds. The van der Waals surface area contributed by atoms with E-state index >= 15 is 0 Å². The molecule has 2 aromatic heterocycles. The number of nitrogens with one attached hydrogen (secondary N) is 1. The molecular weight excluding hydrogens is 274 g/mol. The Balaban J connectivity index is 2.28. The number of rotatable bonds is 3. The summed E-state index contributed by atoms with van der Waals surface area (Å²) in [5, 5.41) is 7.23. The van der Waals surface area contributed by atoms with E-state index in [0.717, 1.165) is 0 Å². The lowest BCUT2D eigenvalue weighted by molar-refractivity contribution is 0.0982. The predicted molar refractivity (Wildman–Crippen MR) is 66.9 cm³/mol. The molecule has 96 valence electrons. The number of hydrogen-bond acceptors (Lipinski definition) is 5. The SMILES string of the molecule is Cc1nn(C)cc1S(=O)(=O)NC(=O)c1ccsc1. The molecule has 0 aromatic carbocycles. The van der Waals surface area contributed by atoms with E-state index in [0.29, 0.717) is 11.3 Å². The second-order valence-electron chi connectivity index (χ2n) is 3.70. The van der Waals surface area contributed by atoms with Gasteiger partial charge in [-0.3, -0.25) is 9.48 Å². The van der Waals surface area contributed by atoms with Crippen LogP contribution in [-0.4, -0.2) is 24.1 Å². The van der Waals surface area contributed by atoms with Gasteiger partial charge in [-0.25, -0.2) is 13.1 Å². The van der Waals surface area contributed by atoms with E-state index in [1.165, 1.54) is 22.2 Å². The molecular formula is C10H11N3O3S2. The maximum absolute atomic E-state index is 12.0. The molecule has 2 heterocycles. The number of nitrogens with zero attached hydrogens (tertiary/aromatic N) is 2. The molecule has 0 radical (unpaired) electrons. The van der Waals surface area contributed by atoms with Crippen LogP contribution in [0.1, 0.15) is 16.1 Å². The minimum Gasteiger partial charge on any atom is -0.274 e. The number of carbonyl (C=O) groups is 1. The number of thiophene rings is 1. The Kier molecular flexibility index (Phi) is 3.22. The van der Waals surface area contributed by atoms with Gasteiger partial charge in [-0.15, -0.1) is 0 Å². The summed E-state index contributed by atoms with van der Waals surface area (Å²) in [6.45, 7) is 1.57. The van der Waals surface area contributed by atoms with Gasteiger partial charge in [-0.2, -0.15) is 16.4 Å². The van der Waals surface area contributed by atoms with Crippen molar-refractivity contribution in [2.24, 2.45) is 7.05 Å². The predicted octanol–water partition coefficient (Wildman–Crippen LogP) is 0.909. The Hall–Kier alpha value is -1.67. The molecule has 0 bridgehead atoms. The molecule has 18 heavy (non-hydrogen) atoms. The molecule has 0 saturated heterocycles. The van der Waals surface area contributed by atoms with Gasteiger partial charge in [0.15, 0.2) is 0 Å². The number of amides is 1.